The molecule has 14 heavy (non-hydrogen) atoms. The first-order chi connectivity index (χ1) is 6.79. The van der Waals surface area contributed by atoms with Gasteiger partial charge in [-0.1, -0.05) is 0 Å². The predicted molar refractivity (Wildman–Crippen MR) is 47.2 cm³/mol. The fraction of sp³-hybridized carbons (Fsp3) is 0.833. The molecule has 4 unspecified atom stereocenters. The lowest BCUT2D eigenvalue weighted by molar-refractivity contribution is -0.128. The second kappa shape index (κ2) is 1.62. The largest absolute Gasteiger partial charge is 0.299 e. The van der Waals surface area contributed by atoms with Gasteiger partial charge in [-0.2, -0.15) is 0 Å². The summed E-state index contributed by atoms with van der Waals surface area (Å²) in [7, 11) is 0. The number of carbonyl (C=O) groups excluding carboxylic acids is 2. The summed E-state index contributed by atoms with van der Waals surface area (Å²) >= 11 is 0. The molecule has 2 heteroatoms. The number of hydrogen-bond acceptors (Lipinski definition) is 2. The second-order valence-corrected chi connectivity index (χ2v) is 6.01. The third-order valence-corrected chi connectivity index (χ3v) is 6.11. The zero-order chi connectivity index (χ0) is 9.19. The molecule has 5 saturated carbocycles. The van der Waals surface area contributed by atoms with Gasteiger partial charge in [0.2, 0.25) is 0 Å². The molecular formula is C12H12O2. The van der Waals surface area contributed by atoms with Gasteiger partial charge in [0.1, 0.15) is 11.6 Å². The van der Waals surface area contributed by atoms with Crippen LogP contribution in [0.15, 0.2) is 0 Å². The van der Waals surface area contributed by atoms with Crippen molar-refractivity contribution in [3.8, 4) is 0 Å². The summed E-state index contributed by atoms with van der Waals surface area (Å²) in [5.74, 6) is 5.04. The molecule has 0 N–H and O–H groups in total. The minimum atomic E-state index is 0.321. The van der Waals surface area contributed by atoms with Gasteiger partial charge < -0.3 is 0 Å². The van der Waals surface area contributed by atoms with E-state index >= 15 is 0 Å². The molecule has 5 aliphatic carbocycles. The third kappa shape index (κ3) is 0.396. The van der Waals surface area contributed by atoms with Crippen LogP contribution in [-0.2, 0) is 9.59 Å². The number of ketones is 2. The summed E-state index contributed by atoms with van der Waals surface area (Å²) in [6, 6.07) is 0. The summed E-state index contributed by atoms with van der Waals surface area (Å²) < 4.78 is 0. The zero-order valence-corrected chi connectivity index (χ0v) is 7.85. The maximum atomic E-state index is 12.0. The summed E-state index contributed by atoms with van der Waals surface area (Å²) in [5, 5.41) is 0. The Labute approximate surface area is 82.0 Å². The Morgan fingerprint density at radius 3 is 1.21 bits per heavy atom. The molecule has 0 radical (unpaired) electrons. The van der Waals surface area contributed by atoms with Crippen molar-refractivity contribution < 1.29 is 9.59 Å². The van der Waals surface area contributed by atoms with Crippen LogP contribution in [0.3, 0.4) is 0 Å². The SMILES string of the molecule is O=C1[C@H]2C[C@H]3C(=O)[C@@H]4C[C@@H]1C1C2C3C14. The standard InChI is InChI=1S/C12H12O2/c13-11-3-1-4-8-7(3)9-5(11)2-6(10(8)9)12(4)14/h3-10H,1-2H2/t3-,4-,5-,6+,7?,8?,9?,10?/m1/s1. The molecule has 0 amide bonds. The Hall–Kier alpha value is -0.660. The number of hydrogen-bond donors (Lipinski definition) is 0. The molecule has 0 aromatic carbocycles. The van der Waals surface area contributed by atoms with Crippen molar-refractivity contribution in [3.05, 3.63) is 0 Å². The fourth-order valence-corrected chi connectivity index (χ4v) is 5.98. The lowest BCUT2D eigenvalue weighted by atomic mass is 9.60. The van der Waals surface area contributed by atoms with E-state index in [9.17, 15) is 9.59 Å². The first kappa shape index (κ1) is 6.76. The molecule has 0 heterocycles. The van der Waals surface area contributed by atoms with Crippen molar-refractivity contribution in [2.45, 2.75) is 12.8 Å². The van der Waals surface area contributed by atoms with Gasteiger partial charge in [0, 0.05) is 23.7 Å². The van der Waals surface area contributed by atoms with Crippen LogP contribution in [-0.4, -0.2) is 11.6 Å². The van der Waals surface area contributed by atoms with Gasteiger partial charge in [0.25, 0.3) is 0 Å². The van der Waals surface area contributed by atoms with Crippen molar-refractivity contribution in [1.29, 1.82) is 0 Å². The highest BCUT2D eigenvalue weighted by Gasteiger charge is 2.79. The Balaban J connectivity index is 1.83. The monoisotopic (exact) mass is 188 g/mol. The van der Waals surface area contributed by atoms with E-state index in [4.69, 9.17) is 0 Å². The molecule has 0 spiro atoms. The third-order valence-electron chi connectivity index (χ3n) is 6.11. The van der Waals surface area contributed by atoms with Crippen LogP contribution in [0.25, 0.3) is 0 Å². The highest BCUT2D eigenvalue weighted by atomic mass is 16.1. The maximum absolute atomic E-state index is 12.0. The summed E-state index contributed by atoms with van der Waals surface area (Å²) in [4.78, 5) is 24.1. The summed E-state index contributed by atoms with van der Waals surface area (Å²) in [6.07, 6.45) is 1.87. The van der Waals surface area contributed by atoms with Crippen LogP contribution in [0, 0.1) is 47.3 Å². The van der Waals surface area contributed by atoms with Crippen LogP contribution < -0.4 is 0 Å². The highest BCUT2D eigenvalue weighted by Crippen LogP contribution is 2.77. The Kier molecular flexibility index (Phi) is 0.780. The normalized spacial score (nSPS) is 70.6. The van der Waals surface area contributed by atoms with Crippen LogP contribution in [0.4, 0.5) is 0 Å². The fourth-order valence-electron chi connectivity index (χ4n) is 5.98. The van der Waals surface area contributed by atoms with Crippen molar-refractivity contribution in [1.82, 2.24) is 0 Å². The molecule has 0 bridgehead atoms. The van der Waals surface area contributed by atoms with Crippen LogP contribution in [0.1, 0.15) is 12.8 Å². The van der Waals surface area contributed by atoms with Crippen molar-refractivity contribution in [2.24, 2.45) is 47.3 Å². The van der Waals surface area contributed by atoms with Crippen molar-refractivity contribution in [2.75, 3.05) is 0 Å². The van der Waals surface area contributed by atoms with E-state index in [2.05, 4.69) is 0 Å². The second-order valence-electron chi connectivity index (χ2n) is 6.01. The van der Waals surface area contributed by atoms with Gasteiger partial charge in [0.15, 0.2) is 0 Å². The van der Waals surface area contributed by atoms with E-state index in [1.807, 2.05) is 0 Å². The summed E-state index contributed by atoms with van der Waals surface area (Å²) in [5.41, 5.74) is 0. The average Bonchev–Trinajstić information content (AvgIpc) is 2.71. The van der Waals surface area contributed by atoms with Gasteiger partial charge in [-0.05, 0) is 36.5 Å². The Morgan fingerprint density at radius 1 is 0.643 bits per heavy atom. The topological polar surface area (TPSA) is 34.1 Å². The van der Waals surface area contributed by atoms with Gasteiger partial charge in [-0.15, -0.1) is 0 Å². The van der Waals surface area contributed by atoms with Crippen LogP contribution in [0.2, 0.25) is 0 Å². The molecule has 0 saturated heterocycles. The highest BCUT2D eigenvalue weighted by molar-refractivity contribution is 5.97. The molecule has 8 atom stereocenters. The Morgan fingerprint density at radius 2 is 0.929 bits per heavy atom. The van der Waals surface area contributed by atoms with Gasteiger partial charge in [-0.25, -0.2) is 0 Å². The van der Waals surface area contributed by atoms with E-state index in [1.165, 1.54) is 0 Å². The molecule has 0 aromatic rings. The minimum Gasteiger partial charge on any atom is -0.299 e. The molecule has 2 nitrogen and oxygen atoms in total. The number of carbonyl (C=O) groups is 2. The molecule has 0 aliphatic heterocycles. The first-order valence-corrected chi connectivity index (χ1v) is 5.86. The van der Waals surface area contributed by atoms with Gasteiger partial charge in [0.05, 0.1) is 0 Å². The quantitative estimate of drug-likeness (QED) is 0.566. The van der Waals surface area contributed by atoms with Gasteiger partial charge >= 0.3 is 0 Å². The van der Waals surface area contributed by atoms with Crippen LogP contribution >= 0.6 is 0 Å². The van der Waals surface area contributed by atoms with E-state index in [1.54, 1.807) is 0 Å². The number of Topliss-reactive ketones (excluding diaryl/α,β-unsaturated/α-hetero) is 2. The minimum absolute atomic E-state index is 0.321. The lowest BCUT2D eigenvalue weighted by Gasteiger charge is -2.43. The van der Waals surface area contributed by atoms with E-state index in [0.717, 1.165) is 12.8 Å². The molecular weight excluding hydrogens is 176 g/mol. The van der Waals surface area contributed by atoms with Gasteiger partial charge in [-0.3, -0.25) is 9.59 Å². The molecule has 0 aromatic heterocycles. The predicted octanol–water partition coefficient (Wildman–Crippen LogP) is 0.902. The van der Waals surface area contributed by atoms with Crippen molar-refractivity contribution >= 4 is 11.6 Å². The maximum Gasteiger partial charge on any atom is 0.139 e. The lowest BCUT2D eigenvalue weighted by Crippen LogP contribution is -2.41. The molecule has 5 rings (SSSR count). The van der Waals surface area contributed by atoms with Crippen molar-refractivity contribution in [3.63, 3.8) is 0 Å². The summed E-state index contributed by atoms with van der Waals surface area (Å²) in [6.45, 7) is 0. The van der Waals surface area contributed by atoms with E-state index in [-0.39, 0.29) is 0 Å². The van der Waals surface area contributed by atoms with Crippen LogP contribution in [0.5, 0.6) is 0 Å². The van der Waals surface area contributed by atoms with E-state index in [0.29, 0.717) is 58.9 Å². The first-order valence-electron chi connectivity index (χ1n) is 5.86. The zero-order valence-electron chi connectivity index (χ0n) is 7.85. The molecule has 5 fully saturated rings. The average molecular weight is 188 g/mol. The smallest absolute Gasteiger partial charge is 0.139 e. The molecule has 5 aliphatic rings. The van der Waals surface area contributed by atoms with E-state index < -0.39 is 0 Å². The molecule has 72 valence electrons. The Bertz CT molecular complexity index is 321. The number of rotatable bonds is 0.